The third-order valence-corrected chi connectivity index (χ3v) is 4.84. The molecule has 0 atom stereocenters. The van der Waals surface area contributed by atoms with E-state index in [1.165, 1.54) is 6.07 Å². The van der Waals surface area contributed by atoms with Gasteiger partial charge in [0, 0.05) is 11.3 Å². The molecule has 13 N–H and O–H groups in total. The number of carbonyl (C=O) groups excluding carboxylic acids is 1. The highest BCUT2D eigenvalue weighted by Gasteiger charge is 2.73. The number of fused-ring (bicyclic) bond motifs is 1. The van der Waals surface area contributed by atoms with Gasteiger partial charge in [-0.15, -0.1) is 4.90 Å². The van der Waals surface area contributed by atoms with Crippen molar-refractivity contribution in [3.05, 3.63) is 29.3 Å². The Morgan fingerprint density at radius 2 is 1.23 bits per heavy atom. The van der Waals surface area contributed by atoms with E-state index in [-0.39, 0.29) is 25.1 Å². The van der Waals surface area contributed by atoms with Crippen LogP contribution in [0.5, 0.6) is 0 Å². The number of nitrogens with one attached hydrogen (secondary N) is 1. The van der Waals surface area contributed by atoms with Crippen molar-refractivity contribution < 1.29 is 66.1 Å². The van der Waals surface area contributed by atoms with Crippen LogP contribution in [-0.4, -0.2) is 101 Å². The average Bonchev–Trinajstić information content (AvgIpc) is 2.91. The summed E-state index contributed by atoms with van der Waals surface area (Å²) in [5.74, 6) is -26.6. The summed E-state index contributed by atoms with van der Waals surface area (Å²) >= 11 is 0. The standard InChI is InChI=1S/C16H24N2O13/c1-11(20,21)14(26,27)18(15(28,29)12(2,22)23)16(30,31)13(24,25)8-4-3-5-9-7(8)6-10(19)17-9/h3-5,20-31H,6H2,1-2H3,(H,17,19). The van der Waals surface area contributed by atoms with Crippen LogP contribution in [0.1, 0.15) is 25.0 Å². The third-order valence-electron chi connectivity index (χ3n) is 4.84. The van der Waals surface area contributed by atoms with E-state index in [0.717, 1.165) is 12.1 Å². The van der Waals surface area contributed by atoms with Gasteiger partial charge in [-0.1, -0.05) is 12.1 Å². The monoisotopic (exact) mass is 452 g/mol. The molecule has 0 unspecified atom stereocenters. The fraction of sp³-hybridized carbons (Fsp3) is 0.562. The molecule has 0 saturated heterocycles. The lowest BCUT2D eigenvalue weighted by atomic mass is 9.92. The summed E-state index contributed by atoms with van der Waals surface area (Å²) in [4.78, 5) is 10.3. The molecule has 1 amide bonds. The Hall–Kier alpha value is -1.83. The first-order valence-electron chi connectivity index (χ1n) is 8.51. The van der Waals surface area contributed by atoms with Gasteiger partial charge < -0.3 is 66.6 Å². The van der Waals surface area contributed by atoms with Crippen molar-refractivity contribution in [2.75, 3.05) is 5.32 Å². The van der Waals surface area contributed by atoms with E-state index in [1.54, 1.807) is 0 Å². The first-order chi connectivity index (χ1) is 13.6. The predicted octanol–water partition coefficient (Wildman–Crippen LogP) is -6.06. The van der Waals surface area contributed by atoms with Gasteiger partial charge >= 0.3 is 0 Å². The largest absolute Gasteiger partial charge is 0.360 e. The second-order valence-corrected chi connectivity index (χ2v) is 7.51. The lowest BCUT2D eigenvalue weighted by molar-refractivity contribution is -0.581. The van der Waals surface area contributed by atoms with Crippen molar-refractivity contribution in [3.63, 3.8) is 0 Å². The molecule has 2 rings (SSSR count). The van der Waals surface area contributed by atoms with Crippen LogP contribution in [0.4, 0.5) is 5.69 Å². The molecule has 0 aliphatic carbocycles. The van der Waals surface area contributed by atoms with Crippen LogP contribution < -0.4 is 5.32 Å². The highest BCUT2D eigenvalue weighted by molar-refractivity contribution is 5.99. The molecule has 0 fully saturated rings. The van der Waals surface area contributed by atoms with E-state index in [0.29, 0.717) is 0 Å². The smallest absolute Gasteiger partial charge is 0.295 e. The molecule has 15 heteroatoms. The molecule has 1 heterocycles. The lowest BCUT2D eigenvalue weighted by Crippen LogP contribution is -2.84. The van der Waals surface area contributed by atoms with Gasteiger partial charge in [0.15, 0.2) is 0 Å². The van der Waals surface area contributed by atoms with Gasteiger partial charge in [0.25, 0.3) is 23.5 Å². The van der Waals surface area contributed by atoms with Crippen molar-refractivity contribution in [1.29, 1.82) is 0 Å². The zero-order valence-corrected chi connectivity index (χ0v) is 16.2. The Morgan fingerprint density at radius 1 is 0.774 bits per heavy atom. The maximum atomic E-state index is 11.6. The minimum absolute atomic E-state index is 0.0147. The second-order valence-electron chi connectivity index (χ2n) is 7.51. The first kappa shape index (κ1) is 25.4. The molecular weight excluding hydrogens is 428 g/mol. The Balaban J connectivity index is 2.80. The number of amides is 1. The van der Waals surface area contributed by atoms with E-state index >= 15 is 0 Å². The van der Waals surface area contributed by atoms with Gasteiger partial charge in [-0.3, -0.25) is 4.79 Å². The van der Waals surface area contributed by atoms with Crippen molar-refractivity contribution in [2.24, 2.45) is 0 Å². The Labute approximate surface area is 173 Å². The fourth-order valence-electron chi connectivity index (χ4n) is 2.99. The molecule has 1 aromatic rings. The van der Waals surface area contributed by atoms with Crippen molar-refractivity contribution >= 4 is 11.6 Å². The van der Waals surface area contributed by atoms with Crippen LogP contribution in [0.15, 0.2) is 18.2 Å². The maximum Gasteiger partial charge on any atom is 0.295 e. The van der Waals surface area contributed by atoms with Crippen molar-refractivity contribution in [3.8, 4) is 0 Å². The first-order valence-corrected chi connectivity index (χ1v) is 8.51. The summed E-state index contributed by atoms with van der Waals surface area (Å²) in [6.07, 6.45) is -0.521. The third kappa shape index (κ3) is 3.81. The number of rotatable bonds is 7. The molecule has 15 nitrogen and oxygen atoms in total. The number of carbonyl (C=O) groups is 1. The highest BCUT2D eigenvalue weighted by Crippen LogP contribution is 2.45. The topological polar surface area (TPSA) is 275 Å². The van der Waals surface area contributed by atoms with Gasteiger partial charge in [0.2, 0.25) is 17.5 Å². The van der Waals surface area contributed by atoms with Crippen LogP contribution >= 0.6 is 0 Å². The van der Waals surface area contributed by atoms with Crippen molar-refractivity contribution in [2.45, 2.75) is 55.4 Å². The van der Waals surface area contributed by atoms with Crippen LogP contribution in [-0.2, 0) is 17.0 Å². The van der Waals surface area contributed by atoms with E-state index < -0.39 is 57.9 Å². The maximum absolute atomic E-state index is 11.6. The zero-order valence-electron chi connectivity index (χ0n) is 16.2. The molecule has 31 heavy (non-hydrogen) atoms. The summed E-state index contributed by atoms with van der Waals surface area (Å²) < 4.78 is 0. The Kier molecular flexibility index (Phi) is 5.81. The molecule has 1 aromatic carbocycles. The van der Waals surface area contributed by atoms with Crippen LogP contribution in [0, 0.1) is 0 Å². The zero-order chi connectivity index (χ0) is 24.4. The molecular formula is C16H24N2O13. The molecule has 0 radical (unpaired) electrons. The van der Waals surface area contributed by atoms with E-state index in [2.05, 4.69) is 5.32 Å². The SMILES string of the molecule is CC(O)(O)C(O)(O)N(C(O)(O)C(C)(O)O)C(O)(O)C(O)(O)c1cccc2c1CC(=O)N2. The minimum Gasteiger partial charge on any atom is -0.360 e. The second kappa shape index (κ2) is 7.09. The highest BCUT2D eigenvalue weighted by atomic mass is 16.7. The number of benzene rings is 1. The summed E-state index contributed by atoms with van der Waals surface area (Å²) in [7, 11) is 0. The average molecular weight is 452 g/mol. The Morgan fingerprint density at radius 3 is 1.65 bits per heavy atom. The van der Waals surface area contributed by atoms with Crippen molar-refractivity contribution in [1.82, 2.24) is 4.90 Å². The molecule has 0 saturated carbocycles. The summed E-state index contributed by atoms with van der Waals surface area (Å²) in [6.45, 7) is 0.384. The number of hydrogen-bond acceptors (Lipinski definition) is 14. The molecule has 0 spiro atoms. The van der Waals surface area contributed by atoms with E-state index in [1.807, 2.05) is 0 Å². The van der Waals surface area contributed by atoms with Gasteiger partial charge in [-0.2, -0.15) is 0 Å². The van der Waals surface area contributed by atoms with E-state index in [9.17, 15) is 66.1 Å². The van der Waals surface area contributed by atoms with E-state index in [4.69, 9.17) is 0 Å². The fourth-order valence-corrected chi connectivity index (χ4v) is 2.99. The number of hydrogen-bond donors (Lipinski definition) is 13. The minimum atomic E-state index is -4.74. The molecule has 0 bridgehead atoms. The quantitative estimate of drug-likeness (QED) is 0.172. The van der Waals surface area contributed by atoms with Gasteiger partial charge in [-0.25, -0.2) is 0 Å². The van der Waals surface area contributed by atoms with Crippen LogP contribution in [0.25, 0.3) is 0 Å². The van der Waals surface area contributed by atoms with Crippen LogP contribution in [0.3, 0.4) is 0 Å². The van der Waals surface area contributed by atoms with Gasteiger partial charge in [-0.05, 0) is 25.5 Å². The molecule has 176 valence electrons. The molecule has 1 aliphatic rings. The summed E-state index contributed by atoms with van der Waals surface area (Å²) in [5.41, 5.74) is -1.14. The predicted molar refractivity (Wildman–Crippen MR) is 93.9 cm³/mol. The normalized spacial score (nSPS) is 16.5. The number of anilines is 1. The number of nitrogens with zero attached hydrogens (tertiary/aromatic N) is 1. The number of aliphatic hydroxyl groups is 12. The Bertz CT molecular complexity index is 841. The molecule has 1 aliphatic heterocycles. The van der Waals surface area contributed by atoms with Gasteiger partial charge in [0.05, 0.1) is 6.42 Å². The summed E-state index contributed by atoms with van der Waals surface area (Å²) in [6, 6.07) is 3.22. The lowest BCUT2D eigenvalue weighted by Gasteiger charge is -2.55. The van der Waals surface area contributed by atoms with Gasteiger partial charge in [0.1, 0.15) is 0 Å². The molecule has 0 aromatic heterocycles. The summed E-state index contributed by atoms with van der Waals surface area (Å²) in [5, 5.41) is 124. The van der Waals surface area contributed by atoms with Crippen LogP contribution in [0.2, 0.25) is 0 Å².